The maximum atomic E-state index is 14.2. The van der Waals surface area contributed by atoms with Crippen LogP contribution in [0, 0.1) is 5.92 Å². The van der Waals surface area contributed by atoms with Crippen LogP contribution in [0.5, 0.6) is 5.75 Å². The van der Waals surface area contributed by atoms with Crippen LogP contribution in [0.15, 0.2) is 54.6 Å². The highest BCUT2D eigenvalue weighted by Gasteiger charge is 2.38. The number of amides is 3. The van der Waals surface area contributed by atoms with Crippen molar-refractivity contribution in [2.45, 2.75) is 91.6 Å². The van der Waals surface area contributed by atoms with E-state index in [2.05, 4.69) is 10.6 Å². The van der Waals surface area contributed by atoms with Gasteiger partial charge in [0.05, 0.1) is 0 Å². The fraction of sp³-hybridized carbons (Fsp3) is 0.500. The summed E-state index contributed by atoms with van der Waals surface area (Å²) in [7, 11) is 0. The smallest absolute Gasteiger partial charge is 0.408 e. The van der Waals surface area contributed by atoms with Gasteiger partial charge in [0.1, 0.15) is 23.4 Å². The number of phenolic OH excluding ortho intramolecular Hbond substituents is 1. The molecule has 0 radical (unpaired) electrons. The molecule has 2 rings (SSSR count). The van der Waals surface area contributed by atoms with E-state index in [1.165, 1.54) is 12.1 Å². The lowest BCUT2D eigenvalue weighted by molar-refractivity contribution is -0.145. The third-order valence-electron chi connectivity index (χ3n) is 6.06. The van der Waals surface area contributed by atoms with Gasteiger partial charge in [-0.1, -0.05) is 63.2 Å². The molecule has 3 atom stereocenters. The van der Waals surface area contributed by atoms with E-state index in [0.717, 1.165) is 5.56 Å². The van der Waals surface area contributed by atoms with Gasteiger partial charge in [-0.15, -0.1) is 0 Å². The Kier molecular flexibility index (Phi) is 11.2. The number of nitrogens with one attached hydrogen (secondary N) is 2. The Morgan fingerprint density at radius 3 is 2.11 bits per heavy atom. The fourth-order valence-electron chi connectivity index (χ4n) is 4.09. The van der Waals surface area contributed by atoms with Crippen LogP contribution < -0.4 is 10.6 Å². The van der Waals surface area contributed by atoms with Crippen molar-refractivity contribution in [1.82, 2.24) is 15.5 Å². The van der Waals surface area contributed by atoms with Crippen LogP contribution in [0.25, 0.3) is 0 Å². The Labute approximate surface area is 226 Å². The summed E-state index contributed by atoms with van der Waals surface area (Å²) in [6, 6.07) is 13.6. The number of aromatic hydroxyl groups is 1. The van der Waals surface area contributed by atoms with E-state index in [-0.39, 0.29) is 29.5 Å². The molecule has 0 saturated heterocycles. The first-order valence-corrected chi connectivity index (χ1v) is 13.2. The van der Waals surface area contributed by atoms with E-state index < -0.39 is 23.8 Å². The Hall–Kier alpha value is -3.55. The van der Waals surface area contributed by atoms with E-state index in [9.17, 15) is 19.5 Å². The number of nitrogens with zero attached hydrogens (tertiary/aromatic N) is 1. The molecule has 0 heterocycles. The summed E-state index contributed by atoms with van der Waals surface area (Å²) < 4.78 is 5.43. The van der Waals surface area contributed by atoms with Crippen LogP contribution in [0.3, 0.4) is 0 Å². The van der Waals surface area contributed by atoms with Crippen molar-refractivity contribution in [3.63, 3.8) is 0 Å². The second-order valence-corrected chi connectivity index (χ2v) is 11.0. The summed E-state index contributed by atoms with van der Waals surface area (Å²) in [5.74, 6) is -0.569. The minimum atomic E-state index is -0.975. The van der Waals surface area contributed by atoms with Crippen molar-refractivity contribution in [2.24, 2.45) is 5.92 Å². The van der Waals surface area contributed by atoms with Gasteiger partial charge in [0.15, 0.2) is 0 Å². The topological polar surface area (TPSA) is 108 Å². The third-order valence-corrected chi connectivity index (χ3v) is 6.06. The molecule has 2 aromatic rings. The van der Waals surface area contributed by atoms with E-state index in [1.54, 1.807) is 37.8 Å². The van der Waals surface area contributed by atoms with Crippen molar-refractivity contribution in [3.05, 3.63) is 65.7 Å². The predicted molar refractivity (Wildman–Crippen MR) is 148 cm³/mol. The van der Waals surface area contributed by atoms with E-state index >= 15 is 0 Å². The predicted octanol–water partition coefficient (Wildman–Crippen LogP) is 5.32. The van der Waals surface area contributed by atoms with Gasteiger partial charge in [-0.05, 0) is 69.7 Å². The van der Waals surface area contributed by atoms with Crippen molar-refractivity contribution in [3.8, 4) is 5.75 Å². The fourth-order valence-corrected chi connectivity index (χ4v) is 4.09. The number of ether oxygens (including phenoxy) is 1. The lowest BCUT2D eigenvalue weighted by atomic mass is 9.97. The number of carbonyl (C=O) groups is 3. The monoisotopic (exact) mass is 525 g/mol. The molecular formula is C30H43N3O5. The number of benzene rings is 2. The number of alkyl carbamates (subject to hydrolysis) is 1. The Morgan fingerprint density at radius 2 is 1.58 bits per heavy atom. The first-order valence-electron chi connectivity index (χ1n) is 13.2. The lowest BCUT2D eigenvalue weighted by Crippen LogP contribution is -2.55. The number of hydrogen-bond donors (Lipinski definition) is 3. The molecule has 3 unspecified atom stereocenters. The molecule has 0 aliphatic rings. The normalized spacial score (nSPS) is 13.8. The molecule has 0 fully saturated rings. The number of phenols is 1. The number of hydrogen-bond acceptors (Lipinski definition) is 5. The summed E-state index contributed by atoms with van der Waals surface area (Å²) in [4.78, 5) is 42.1. The van der Waals surface area contributed by atoms with Crippen LogP contribution >= 0.6 is 0 Å². The first kappa shape index (κ1) is 30.7. The van der Waals surface area contributed by atoms with Gasteiger partial charge < -0.3 is 25.4 Å². The molecule has 2 aromatic carbocycles. The second-order valence-electron chi connectivity index (χ2n) is 11.0. The highest BCUT2D eigenvalue weighted by molar-refractivity contribution is 5.92. The Balaban J connectivity index is 2.48. The van der Waals surface area contributed by atoms with Crippen molar-refractivity contribution in [2.75, 3.05) is 0 Å². The highest BCUT2D eigenvalue weighted by Crippen LogP contribution is 2.28. The maximum Gasteiger partial charge on any atom is 0.408 e. The quantitative estimate of drug-likeness (QED) is 0.368. The van der Waals surface area contributed by atoms with E-state index in [1.807, 2.05) is 58.0 Å². The molecule has 0 spiro atoms. The first-order chi connectivity index (χ1) is 17.8. The average Bonchev–Trinajstić information content (AvgIpc) is 2.84. The summed E-state index contributed by atoms with van der Waals surface area (Å²) in [6.45, 7) is 13.3. The van der Waals surface area contributed by atoms with Crippen LogP contribution in [0.4, 0.5) is 4.79 Å². The molecule has 0 aliphatic carbocycles. The van der Waals surface area contributed by atoms with Crippen LogP contribution in [-0.4, -0.2) is 45.6 Å². The summed E-state index contributed by atoms with van der Waals surface area (Å²) in [5.41, 5.74) is 0.760. The highest BCUT2D eigenvalue weighted by atomic mass is 16.6. The van der Waals surface area contributed by atoms with E-state index in [0.29, 0.717) is 24.9 Å². The molecule has 0 aromatic heterocycles. The van der Waals surface area contributed by atoms with Crippen molar-refractivity contribution in [1.29, 1.82) is 0 Å². The molecular weight excluding hydrogens is 482 g/mol. The largest absolute Gasteiger partial charge is 0.508 e. The van der Waals surface area contributed by atoms with Gasteiger partial charge in [-0.3, -0.25) is 9.59 Å². The van der Waals surface area contributed by atoms with Crippen molar-refractivity contribution >= 4 is 17.9 Å². The van der Waals surface area contributed by atoms with Gasteiger partial charge in [0.25, 0.3) is 0 Å². The van der Waals surface area contributed by atoms with Crippen molar-refractivity contribution < 1.29 is 24.2 Å². The minimum Gasteiger partial charge on any atom is -0.508 e. The van der Waals surface area contributed by atoms with Gasteiger partial charge >= 0.3 is 6.09 Å². The molecule has 8 nitrogen and oxygen atoms in total. The van der Waals surface area contributed by atoms with Crippen LogP contribution in [-0.2, 0) is 20.9 Å². The standard InChI is InChI=1S/C30H43N3O5/c1-8-21(4)33(28(36)25(18-20(2)3)32-29(37)38-30(5,6)7)26(23-14-16-24(34)17-15-23)27(35)31-19-22-12-10-9-11-13-22/h9-17,20-21,25-26,34H,8,18-19H2,1-7H3,(H,31,35)(H,32,37). The summed E-state index contributed by atoms with van der Waals surface area (Å²) >= 11 is 0. The third kappa shape index (κ3) is 9.39. The Bertz CT molecular complexity index is 1050. The SMILES string of the molecule is CCC(C)N(C(=O)C(CC(C)C)NC(=O)OC(C)(C)C)C(C(=O)NCc1ccccc1)c1ccc(O)cc1. The maximum absolute atomic E-state index is 14.2. The van der Waals surface area contributed by atoms with Gasteiger partial charge in [-0.25, -0.2) is 4.79 Å². The Morgan fingerprint density at radius 1 is 0.974 bits per heavy atom. The van der Waals surface area contributed by atoms with Gasteiger partial charge in [0.2, 0.25) is 11.8 Å². The average molecular weight is 526 g/mol. The lowest BCUT2D eigenvalue weighted by Gasteiger charge is -2.38. The van der Waals surface area contributed by atoms with Crippen LogP contribution in [0.2, 0.25) is 0 Å². The molecule has 0 saturated carbocycles. The molecule has 0 bridgehead atoms. The molecule has 208 valence electrons. The zero-order valence-electron chi connectivity index (χ0n) is 23.7. The molecule has 3 N–H and O–H groups in total. The zero-order valence-corrected chi connectivity index (χ0v) is 23.7. The second kappa shape index (κ2) is 13.8. The number of carbonyl (C=O) groups excluding carboxylic acids is 3. The molecule has 0 aliphatic heterocycles. The van der Waals surface area contributed by atoms with Gasteiger partial charge in [-0.2, -0.15) is 0 Å². The number of rotatable bonds is 11. The zero-order chi connectivity index (χ0) is 28.5. The molecule has 38 heavy (non-hydrogen) atoms. The van der Waals surface area contributed by atoms with Crippen LogP contribution in [0.1, 0.15) is 78.5 Å². The summed E-state index contributed by atoms with van der Waals surface area (Å²) in [5, 5.41) is 15.6. The molecule has 8 heteroatoms. The molecule has 3 amide bonds. The minimum absolute atomic E-state index is 0.0582. The van der Waals surface area contributed by atoms with Gasteiger partial charge in [0, 0.05) is 12.6 Å². The van der Waals surface area contributed by atoms with E-state index in [4.69, 9.17) is 4.74 Å². The summed E-state index contributed by atoms with van der Waals surface area (Å²) in [6.07, 6.45) is 0.279.